The molecule has 3 rings (SSSR count). The first kappa shape index (κ1) is 15.3. The van der Waals surface area contributed by atoms with Gasteiger partial charge in [-0.15, -0.1) is 0 Å². The summed E-state index contributed by atoms with van der Waals surface area (Å²) in [6.45, 7) is 5.41. The number of rotatable bonds is 2. The highest BCUT2D eigenvalue weighted by molar-refractivity contribution is 8.76. The molecule has 1 aliphatic rings. The Morgan fingerprint density at radius 1 is 0.909 bits per heavy atom. The monoisotopic (exact) mass is 332 g/mol. The Labute approximate surface area is 137 Å². The molecule has 1 heterocycles. The van der Waals surface area contributed by atoms with Crippen LogP contribution in [-0.2, 0) is 4.79 Å². The van der Waals surface area contributed by atoms with Crippen LogP contribution in [-0.4, -0.2) is 13.1 Å². The van der Waals surface area contributed by atoms with Gasteiger partial charge < -0.3 is 9.47 Å². The second kappa shape index (κ2) is 5.89. The Hall–Kier alpha value is -1.59. The Kier molecular flexibility index (Phi) is 4.10. The fourth-order valence-corrected chi connectivity index (χ4v) is 4.97. The molecule has 0 N–H and O–H groups in total. The maximum atomic E-state index is 11.3. The molecule has 0 saturated heterocycles. The lowest BCUT2D eigenvalue weighted by Gasteiger charge is -2.21. The van der Waals surface area contributed by atoms with Crippen molar-refractivity contribution in [3.8, 4) is 22.6 Å². The molecule has 3 nitrogen and oxygen atoms in total. The van der Waals surface area contributed by atoms with Crippen LogP contribution in [0.25, 0.3) is 11.1 Å². The van der Waals surface area contributed by atoms with Gasteiger partial charge in [-0.1, -0.05) is 21.6 Å². The first-order valence-electron chi connectivity index (χ1n) is 6.86. The average Bonchev–Trinajstić information content (AvgIpc) is 2.47. The van der Waals surface area contributed by atoms with E-state index in [0.29, 0.717) is 5.75 Å². The highest BCUT2D eigenvalue weighted by Gasteiger charge is 2.21. The number of carbonyl (C=O) groups excluding carboxylic acids is 1. The number of ether oxygens (including phenoxy) is 2. The summed E-state index contributed by atoms with van der Waals surface area (Å²) in [7, 11) is 5.16. The maximum absolute atomic E-state index is 11.3. The maximum Gasteiger partial charge on any atom is 0.308 e. The van der Waals surface area contributed by atoms with Gasteiger partial charge in [-0.2, -0.15) is 0 Å². The van der Waals surface area contributed by atoms with Gasteiger partial charge in [0.2, 0.25) is 0 Å². The molecule has 1 aliphatic heterocycles. The number of esters is 1. The van der Waals surface area contributed by atoms with E-state index < -0.39 is 0 Å². The fraction of sp³-hybridized carbons (Fsp3) is 0.235. The van der Waals surface area contributed by atoms with Crippen LogP contribution in [0.4, 0.5) is 0 Å². The van der Waals surface area contributed by atoms with Crippen LogP contribution in [0.3, 0.4) is 0 Å². The van der Waals surface area contributed by atoms with Crippen molar-refractivity contribution in [2.45, 2.75) is 30.6 Å². The van der Waals surface area contributed by atoms with Gasteiger partial charge in [0.25, 0.3) is 0 Å². The van der Waals surface area contributed by atoms with Gasteiger partial charge in [0.05, 0.1) is 7.11 Å². The number of fused-ring (bicyclic) bond motifs is 3. The quantitative estimate of drug-likeness (QED) is 0.438. The minimum Gasteiger partial charge on any atom is -0.496 e. The lowest BCUT2D eigenvalue weighted by Crippen LogP contribution is -2.04. The van der Waals surface area contributed by atoms with Crippen LogP contribution in [0.15, 0.2) is 34.1 Å². The summed E-state index contributed by atoms with van der Waals surface area (Å²) in [4.78, 5) is 13.7. The van der Waals surface area contributed by atoms with Crippen LogP contribution in [0.5, 0.6) is 11.5 Å². The summed E-state index contributed by atoms with van der Waals surface area (Å²) >= 11 is 0. The van der Waals surface area contributed by atoms with Crippen molar-refractivity contribution in [1.82, 2.24) is 0 Å². The molecule has 0 saturated carbocycles. The molecule has 0 atom stereocenters. The van der Waals surface area contributed by atoms with Crippen molar-refractivity contribution < 1.29 is 14.3 Å². The highest BCUT2D eigenvalue weighted by atomic mass is 33.1. The van der Waals surface area contributed by atoms with E-state index in [1.54, 1.807) is 28.7 Å². The van der Waals surface area contributed by atoms with E-state index in [-0.39, 0.29) is 5.97 Å². The molecule has 22 heavy (non-hydrogen) atoms. The van der Waals surface area contributed by atoms with Crippen LogP contribution >= 0.6 is 21.6 Å². The van der Waals surface area contributed by atoms with Crippen molar-refractivity contribution in [1.29, 1.82) is 0 Å². The van der Waals surface area contributed by atoms with Gasteiger partial charge in [0.15, 0.2) is 0 Å². The predicted octanol–water partition coefficient (Wildman–Crippen LogP) is 5.02. The topological polar surface area (TPSA) is 35.5 Å². The first-order chi connectivity index (χ1) is 10.5. The number of carbonyl (C=O) groups is 1. The molecule has 2 aromatic rings. The lowest BCUT2D eigenvalue weighted by atomic mass is 10.0. The molecule has 114 valence electrons. The third kappa shape index (κ3) is 2.71. The summed E-state index contributed by atoms with van der Waals surface area (Å²) in [5, 5.41) is 0. The minimum atomic E-state index is -0.303. The SMILES string of the molecule is COc1cc2c(cc1C)SSc1cc(C)c(OC(C)=O)cc1-2. The zero-order valence-corrected chi connectivity index (χ0v) is 14.5. The van der Waals surface area contributed by atoms with Crippen molar-refractivity contribution in [3.63, 3.8) is 0 Å². The smallest absolute Gasteiger partial charge is 0.308 e. The largest absolute Gasteiger partial charge is 0.496 e. The van der Waals surface area contributed by atoms with Gasteiger partial charge >= 0.3 is 5.97 Å². The zero-order chi connectivity index (χ0) is 15.9. The molecular weight excluding hydrogens is 316 g/mol. The molecular formula is C17H16O3S2. The number of benzene rings is 2. The Bertz CT molecular complexity index is 769. The molecule has 5 heteroatoms. The third-order valence-corrected chi connectivity index (χ3v) is 5.98. The standard InChI is InChI=1S/C17H16O3S2/c1-9-5-16-12(7-14(9)19-4)13-8-15(20-11(3)18)10(2)6-17(13)22-21-16/h5-8H,1-4H3. The van der Waals surface area contributed by atoms with E-state index in [9.17, 15) is 4.79 Å². The van der Waals surface area contributed by atoms with Crippen LogP contribution < -0.4 is 9.47 Å². The molecule has 0 unspecified atom stereocenters. The zero-order valence-electron chi connectivity index (χ0n) is 12.9. The van der Waals surface area contributed by atoms with Crippen LogP contribution in [0, 0.1) is 13.8 Å². The van der Waals surface area contributed by atoms with E-state index in [1.165, 1.54) is 16.7 Å². The van der Waals surface area contributed by atoms with Crippen molar-refractivity contribution >= 4 is 27.6 Å². The summed E-state index contributed by atoms with van der Waals surface area (Å²) < 4.78 is 10.8. The Morgan fingerprint density at radius 3 is 1.91 bits per heavy atom. The minimum absolute atomic E-state index is 0.303. The normalized spacial score (nSPS) is 12.4. The molecule has 0 fully saturated rings. The second-order valence-corrected chi connectivity index (χ2v) is 7.41. The Morgan fingerprint density at radius 2 is 1.41 bits per heavy atom. The molecule has 0 aliphatic carbocycles. The van der Waals surface area contributed by atoms with Crippen LogP contribution in [0.2, 0.25) is 0 Å². The van der Waals surface area contributed by atoms with Crippen molar-refractivity contribution in [2.24, 2.45) is 0 Å². The number of aryl methyl sites for hydroxylation is 2. The third-order valence-electron chi connectivity index (χ3n) is 3.54. The second-order valence-electron chi connectivity index (χ2n) is 5.19. The van der Waals surface area contributed by atoms with Gasteiger partial charge in [-0.3, -0.25) is 4.79 Å². The van der Waals surface area contributed by atoms with Crippen molar-refractivity contribution in [3.05, 3.63) is 35.4 Å². The Balaban J connectivity index is 2.18. The fourth-order valence-electron chi connectivity index (χ4n) is 2.46. The van der Waals surface area contributed by atoms with E-state index >= 15 is 0 Å². The molecule has 0 spiro atoms. The van der Waals surface area contributed by atoms with Gasteiger partial charge in [-0.25, -0.2) is 0 Å². The van der Waals surface area contributed by atoms with Crippen molar-refractivity contribution in [2.75, 3.05) is 7.11 Å². The summed E-state index contributed by atoms with van der Waals surface area (Å²) in [6, 6.07) is 8.22. The van der Waals surface area contributed by atoms with E-state index in [4.69, 9.17) is 9.47 Å². The lowest BCUT2D eigenvalue weighted by molar-refractivity contribution is -0.131. The molecule has 0 aromatic heterocycles. The summed E-state index contributed by atoms with van der Waals surface area (Å²) in [5.41, 5.74) is 4.28. The highest BCUT2D eigenvalue weighted by Crippen LogP contribution is 2.53. The number of hydrogen-bond acceptors (Lipinski definition) is 5. The molecule has 0 bridgehead atoms. The predicted molar refractivity (Wildman–Crippen MR) is 90.9 cm³/mol. The number of methoxy groups -OCH3 is 1. The molecule has 0 amide bonds. The first-order valence-corrected chi connectivity index (χ1v) is 9.01. The van der Waals surface area contributed by atoms with E-state index in [2.05, 4.69) is 18.2 Å². The number of hydrogen-bond donors (Lipinski definition) is 0. The van der Waals surface area contributed by atoms with Crippen LogP contribution in [0.1, 0.15) is 18.1 Å². The molecule has 0 radical (unpaired) electrons. The van der Waals surface area contributed by atoms with Gasteiger partial charge in [0.1, 0.15) is 11.5 Å². The van der Waals surface area contributed by atoms with Gasteiger partial charge in [0, 0.05) is 27.8 Å². The average molecular weight is 332 g/mol. The summed E-state index contributed by atoms with van der Waals surface area (Å²) in [5.74, 6) is 1.18. The van der Waals surface area contributed by atoms with E-state index in [1.807, 2.05) is 19.9 Å². The summed E-state index contributed by atoms with van der Waals surface area (Å²) in [6.07, 6.45) is 0. The molecule has 2 aromatic carbocycles. The van der Waals surface area contributed by atoms with E-state index in [0.717, 1.165) is 28.0 Å². The van der Waals surface area contributed by atoms with Gasteiger partial charge in [-0.05, 0) is 49.2 Å².